The number of hydrogen-bond acceptors (Lipinski definition) is 3. The predicted octanol–water partition coefficient (Wildman–Crippen LogP) is -0.691. The van der Waals surface area contributed by atoms with Crippen LogP contribution >= 0.6 is 0 Å². The lowest BCUT2D eigenvalue weighted by Gasteiger charge is -2.20. The van der Waals surface area contributed by atoms with Gasteiger partial charge in [-0.25, -0.2) is 0 Å². The molecule has 0 aliphatic heterocycles. The molecule has 0 aliphatic carbocycles. The predicted molar refractivity (Wildman–Crippen MR) is 64.2 cm³/mol. The van der Waals surface area contributed by atoms with Crippen molar-refractivity contribution < 1.29 is 9.53 Å². The maximum atomic E-state index is 11.4. The zero-order chi connectivity index (χ0) is 12.6. The molecule has 1 amide bonds. The van der Waals surface area contributed by atoms with E-state index >= 15 is 0 Å². The average molecular weight is 230 g/mol. The monoisotopic (exact) mass is 230 g/mol. The second kappa shape index (κ2) is 7.05. The topological polar surface area (TPSA) is 88.7 Å². The molecule has 0 saturated heterocycles. The second-order valence-electron chi connectivity index (χ2n) is 4.08. The molecule has 0 rings (SSSR count). The highest BCUT2D eigenvalue weighted by molar-refractivity contribution is 5.83. The van der Waals surface area contributed by atoms with Crippen LogP contribution in [0, 0.1) is 5.41 Å². The molecule has 0 fully saturated rings. The number of rotatable bonds is 6. The van der Waals surface area contributed by atoms with E-state index in [9.17, 15) is 4.79 Å². The summed E-state index contributed by atoms with van der Waals surface area (Å²) in [5, 5.41) is 5.48. The summed E-state index contributed by atoms with van der Waals surface area (Å²) in [5.74, 6) is 0.273. The minimum Gasteiger partial charge on any atom is -0.383 e. The van der Waals surface area contributed by atoms with E-state index < -0.39 is 5.41 Å². The van der Waals surface area contributed by atoms with E-state index in [0.29, 0.717) is 25.7 Å². The molecule has 0 spiro atoms. The molecule has 4 N–H and O–H groups in total. The number of aliphatic imine (C=N–C) groups is 1. The Morgan fingerprint density at radius 2 is 2.12 bits per heavy atom. The maximum Gasteiger partial charge on any atom is 0.227 e. The van der Waals surface area contributed by atoms with E-state index in [1.54, 1.807) is 14.2 Å². The van der Waals surface area contributed by atoms with Crippen LogP contribution in [0.1, 0.15) is 13.8 Å². The normalized spacial score (nSPS) is 12.4. The third-order valence-electron chi connectivity index (χ3n) is 2.10. The highest BCUT2D eigenvalue weighted by Gasteiger charge is 2.26. The van der Waals surface area contributed by atoms with Crippen molar-refractivity contribution in [2.45, 2.75) is 13.8 Å². The van der Waals surface area contributed by atoms with Crippen LogP contribution in [0.3, 0.4) is 0 Å². The van der Waals surface area contributed by atoms with Gasteiger partial charge in [0.25, 0.3) is 0 Å². The van der Waals surface area contributed by atoms with Crippen molar-refractivity contribution >= 4 is 11.9 Å². The summed E-state index contributed by atoms with van der Waals surface area (Å²) in [6, 6.07) is 0. The first-order valence-corrected chi connectivity index (χ1v) is 5.19. The smallest absolute Gasteiger partial charge is 0.227 e. The third kappa shape index (κ3) is 5.55. The molecule has 16 heavy (non-hydrogen) atoms. The molecule has 0 aromatic heterocycles. The summed E-state index contributed by atoms with van der Waals surface area (Å²) < 4.78 is 4.86. The van der Waals surface area contributed by atoms with Gasteiger partial charge in [0.05, 0.1) is 18.6 Å². The van der Waals surface area contributed by atoms with Crippen molar-refractivity contribution in [3.8, 4) is 0 Å². The number of carbonyl (C=O) groups is 1. The number of nitrogens with one attached hydrogen (secondary N) is 2. The van der Waals surface area contributed by atoms with E-state index in [-0.39, 0.29) is 5.91 Å². The molecule has 0 saturated carbocycles. The average Bonchev–Trinajstić information content (AvgIpc) is 2.25. The van der Waals surface area contributed by atoms with Crippen molar-refractivity contribution in [2.75, 3.05) is 33.9 Å². The molecule has 0 atom stereocenters. The number of hydrogen-bond donors (Lipinski definition) is 3. The second-order valence-corrected chi connectivity index (χ2v) is 4.08. The van der Waals surface area contributed by atoms with Gasteiger partial charge >= 0.3 is 0 Å². The number of methoxy groups -OCH3 is 1. The van der Waals surface area contributed by atoms with E-state index in [2.05, 4.69) is 15.6 Å². The lowest BCUT2D eigenvalue weighted by molar-refractivity contribution is -0.128. The van der Waals surface area contributed by atoms with Gasteiger partial charge in [0.15, 0.2) is 5.96 Å². The molecule has 0 radical (unpaired) electrons. The van der Waals surface area contributed by atoms with Crippen molar-refractivity contribution in [3.05, 3.63) is 0 Å². The van der Waals surface area contributed by atoms with Gasteiger partial charge in [-0.3, -0.25) is 9.79 Å². The summed E-state index contributed by atoms with van der Waals surface area (Å²) in [6.45, 7) is 5.15. The van der Waals surface area contributed by atoms with Crippen LogP contribution < -0.4 is 16.4 Å². The van der Waals surface area contributed by atoms with Gasteiger partial charge in [-0.1, -0.05) is 0 Å². The van der Waals surface area contributed by atoms with Crippen LogP contribution in [0.5, 0.6) is 0 Å². The highest BCUT2D eigenvalue weighted by Crippen LogP contribution is 2.14. The molecule has 6 nitrogen and oxygen atoms in total. The summed E-state index contributed by atoms with van der Waals surface area (Å²) in [4.78, 5) is 15.5. The van der Waals surface area contributed by atoms with Crippen molar-refractivity contribution in [1.29, 1.82) is 0 Å². The minimum absolute atomic E-state index is 0.0547. The maximum absolute atomic E-state index is 11.4. The fourth-order valence-corrected chi connectivity index (χ4v) is 1.03. The molecular weight excluding hydrogens is 208 g/mol. The minimum atomic E-state index is -0.553. The first-order valence-electron chi connectivity index (χ1n) is 5.19. The van der Waals surface area contributed by atoms with Gasteiger partial charge in [-0.15, -0.1) is 0 Å². The molecule has 0 aromatic rings. The Labute approximate surface area is 96.6 Å². The van der Waals surface area contributed by atoms with Gasteiger partial charge < -0.3 is 21.1 Å². The van der Waals surface area contributed by atoms with E-state index in [0.717, 1.165) is 0 Å². The zero-order valence-electron chi connectivity index (χ0n) is 10.5. The number of carbonyl (C=O) groups excluding carboxylic acids is 1. The lowest BCUT2D eigenvalue weighted by atomic mass is 9.93. The molecule has 0 bridgehead atoms. The van der Waals surface area contributed by atoms with Gasteiger partial charge in [0.1, 0.15) is 0 Å². The summed E-state index contributed by atoms with van der Waals surface area (Å²) >= 11 is 0. The molecule has 0 aromatic carbocycles. The Kier molecular flexibility index (Phi) is 6.48. The van der Waals surface area contributed by atoms with Crippen LogP contribution in [0.2, 0.25) is 0 Å². The van der Waals surface area contributed by atoms with Gasteiger partial charge in [-0.05, 0) is 13.8 Å². The Morgan fingerprint density at radius 3 is 2.62 bits per heavy atom. The molecular formula is C10H22N4O2. The van der Waals surface area contributed by atoms with Crippen LogP contribution in [0.15, 0.2) is 4.99 Å². The van der Waals surface area contributed by atoms with Crippen molar-refractivity contribution in [3.63, 3.8) is 0 Å². The van der Waals surface area contributed by atoms with Crippen LogP contribution in [0.25, 0.3) is 0 Å². The Hall–Kier alpha value is -1.30. The van der Waals surface area contributed by atoms with Gasteiger partial charge in [0, 0.05) is 20.7 Å². The first-order chi connectivity index (χ1) is 7.44. The quantitative estimate of drug-likeness (QED) is 0.320. The zero-order valence-corrected chi connectivity index (χ0v) is 10.5. The Bertz CT molecular complexity index is 251. The Morgan fingerprint density at radius 1 is 1.50 bits per heavy atom. The van der Waals surface area contributed by atoms with Crippen molar-refractivity contribution in [2.24, 2.45) is 16.1 Å². The summed E-state index contributed by atoms with van der Waals surface area (Å²) in [5.41, 5.74) is 5.06. The summed E-state index contributed by atoms with van der Waals surface area (Å²) in [7, 11) is 3.22. The number of guanidine groups is 1. The largest absolute Gasteiger partial charge is 0.383 e. The van der Waals surface area contributed by atoms with Crippen LogP contribution in [-0.2, 0) is 9.53 Å². The van der Waals surface area contributed by atoms with Gasteiger partial charge in [-0.2, -0.15) is 0 Å². The molecule has 6 heteroatoms. The van der Waals surface area contributed by atoms with E-state index in [1.165, 1.54) is 0 Å². The van der Waals surface area contributed by atoms with Crippen LogP contribution in [-0.4, -0.2) is 45.7 Å². The first kappa shape index (κ1) is 14.7. The van der Waals surface area contributed by atoms with Crippen molar-refractivity contribution in [1.82, 2.24) is 10.6 Å². The van der Waals surface area contributed by atoms with E-state index in [4.69, 9.17) is 10.5 Å². The standard InChI is InChI=1S/C10H22N4O2/c1-10(2,8(15)12-3)7-14-9(11)13-5-6-16-4/h5-7H2,1-4H3,(H,12,15)(H3,11,13,14). The third-order valence-corrected chi connectivity index (χ3v) is 2.10. The number of ether oxygens (including phenoxy) is 1. The number of amides is 1. The summed E-state index contributed by atoms with van der Waals surface area (Å²) in [6.07, 6.45) is 0. The van der Waals surface area contributed by atoms with E-state index in [1.807, 2.05) is 13.8 Å². The number of nitrogens with two attached hydrogens (primary N) is 1. The molecule has 0 aliphatic rings. The lowest BCUT2D eigenvalue weighted by Crippen LogP contribution is -2.39. The molecule has 94 valence electrons. The molecule has 0 heterocycles. The highest BCUT2D eigenvalue weighted by atomic mass is 16.5. The fraction of sp³-hybridized carbons (Fsp3) is 0.800. The Balaban J connectivity index is 4.09. The van der Waals surface area contributed by atoms with Crippen LogP contribution in [0.4, 0.5) is 0 Å². The molecule has 0 unspecified atom stereocenters. The SMILES string of the molecule is CNC(=O)C(C)(C)CN=C(N)NCCOC. The fourth-order valence-electron chi connectivity index (χ4n) is 1.03. The number of nitrogens with zero attached hydrogens (tertiary/aromatic N) is 1. The van der Waals surface area contributed by atoms with Gasteiger partial charge in [0.2, 0.25) is 5.91 Å².